The second-order valence-corrected chi connectivity index (χ2v) is 4.62. The van der Waals surface area contributed by atoms with E-state index in [2.05, 4.69) is 19.2 Å². The van der Waals surface area contributed by atoms with E-state index in [1.807, 2.05) is 0 Å². The molecule has 1 aliphatic rings. The summed E-state index contributed by atoms with van der Waals surface area (Å²) in [6.45, 7) is 5.66. The van der Waals surface area contributed by atoms with Crippen LogP contribution in [0.25, 0.3) is 0 Å². The van der Waals surface area contributed by atoms with Crippen molar-refractivity contribution in [2.45, 2.75) is 51.7 Å². The highest BCUT2D eigenvalue weighted by molar-refractivity contribution is 5.81. The van der Waals surface area contributed by atoms with Gasteiger partial charge < -0.3 is 15.8 Å². The molecule has 3 N–H and O–H groups in total. The van der Waals surface area contributed by atoms with Gasteiger partial charge in [0.05, 0.1) is 12.1 Å². The van der Waals surface area contributed by atoms with E-state index in [0.29, 0.717) is 12.5 Å². The lowest BCUT2D eigenvalue weighted by atomic mass is 10.0. The largest absolute Gasteiger partial charge is 0.378 e. The first kappa shape index (κ1) is 13.5. The summed E-state index contributed by atoms with van der Waals surface area (Å²) in [7, 11) is 0. The van der Waals surface area contributed by atoms with Gasteiger partial charge in [-0.05, 0) is 19.8 Å². The highest BCUT2D eigenvalue weighted by Crippen LogP contribution is 2.19. The van der Waals surface area contributed by atoms with Gasteiger partial charge in [0.1, 0.15) is 0 Å². The Kier molecular flexibility index (Phi) is 5.77. The standard InChI is InChI=1S/C12H24N2O2/c1-3-4-5-11(13)12(15)14-8-10-6-7-16-9(10)2/h9-11H,3-8,13H2,1-2H3,(H,14,15)/t9?,10?,11-/m0/s1. The zero-order chi connectivity index (χ0) is 12.0. The molecule has 0 aromatic rings. The topological polar surface area (TPSA) is 64.4 Å². The van der Waals surface area contributed by atoms with Crippen LogP contribution in [0.4, 0.5) is 0 Å². The summed E-state index contributed by atoms with van der Waals surface area (Å²) in [5.41, 5.74) is 5.78. The number of rotatable bonds is 6. The molecule has 0 aromatic carbocycles. The average Bonchev–Trinajstić information content (AvgIpc) is 2.68. The van der Waals surface area contributed by atoms with Crippen molar-refractivity contribution in [2.75, 3.05) is 13.2 Å². The van der Waals surface area contributed by atoms with Gasteiger partial charge in [-0.3, -0.25) is 4.79 Å². The van der Waals surface area contributed by atoms with E-state index in [0.717, 1.165) is 32.3 Å². The zero-order valence-corrected chi connectivity index (χ0v) is 10.4. The lowest BCUT2D eigenvalue weighted by Gasteiger charge is -2.17. The van der Waals surface area contributed by atoms with Gasteiger partial charge in [-0.1, -0.05) is 19.8 Å². The molecule has 0 bridgehead atoms. The molecule has 0 saturated carbocycles. The SMILES string of the molecule is CCCC[C@H](N)C(=O)NCC1CCOC1C. The van der Waals surface area contributed by atoms with E-state index in [4.69, 9.17) is 10.5 Å². The first-order valence-electron chi connectivity index (χ1n) is 6.30. The number of amides is 1. The van der Waals surface area contributed by atoms with E-state index >= 15 is 0 Å². The molecule has 1 aliphatic heterocycles. The van der Waals surface area contributed by atoms with Crippen LogP contribution in [0.2, 0.25) is 0 Å². The first-order chi connectivity index (χ1) is 7.65. The Morgan fingerprint density at radius 2 is 2.38 bits per heavy atom. The first-order valence-corrected chi connectivity index (χ1v) is 6.30. The lowest BCUT2D eigenvalue weighted by molar-refractivity contribution is -0.122. The van der Waals surface area contributed by atoms with Crippen molar-refractivity contribution in [3.63, 3.8) is 0 Å². The summed E-state index contributed by atoms with van der Waals surface area (Å²) in [6.07, 6.45) is 4.16. The van der Waals surface area contributed by atoms with Crippen molar-refractivity contribution in [2.24, 2.45) is 11.7 Å². The van der Waals surface area contributed by atoms with Gasteiger partial charge in [-0.25, -0.2) is 0 Å². The highest BCUT2D eigenvalue weighted by Gasteiger charge is 2.25. The monoisotopic (exact) mass is 228 g/mol. The second kappa shape index (κ2) is 6.86. The summed E-state index contributed by atoms with van der Waals surface area (Å²) in [6, 6.07) is -0.349. The van der Waals surface area contributed by atoms with Crippen LogP contribution in [0.3, 0.4) is 0 Å². The van der Waals surface area contributed by atoms with E-state index in [1.165, 1.54) is 0 Å². The molecule has 94 valence electrons. The van der Waals surface area contributed by atoms with E-state index < -0.39 is 0 Å². The van der Waals surface area contributed by atoms with Crippen molar-refractivity contribution in [3.8, 4) is 0 Å². The van der Waals surface area contributed by atoms with Crippen molar-refractivity contribution in [3.05, 3.63) is 0 Å². The summed E-state index contributed by atoms with van der Waals surface area (Å²) in [4.78, 5) is 11.6. The smallest absolute Gasteiger partial charge is 0.236 e. The molecule has 1 fully saturated rings. The number of hydrogen-bond acceptors (Lipinski definition) is 3. The molecular formula is C12H24N2O2. The van der Waals surface area contributed by atoms with Crippen molar-refractivity contribution < 1.29 is 9.53 Å². The number of nitrogens with one attached hydrogen (secondary N) is 1. The average molecular weight is 228 g/mol. The van der Waals surface area contributed by atoms with Gasteiger partial charge in [-0.15, -0.1) is 0 Å². The number of unbranched alkanes of at least 4 members (excludes halogenated alkanes) is 1. The minimum absolute atomic E-state index is 0.0208. The Morgan fingerprint density at radius 3 is 2.94 bits per heavy atom. The fourth-order valence-electron chi connectivity index (χ4n) is 1.96. The number of ether oxygens (including phenoxy) is 1. The van der Waals surface area contributed by atoms with Gasteiger partial charge in [0, 0.05) is 19.1 Å². The summed E-state index contributed by atoms with van der Waals surface area (Å²) in [5.74, 6) is 0.426. The third-order valence-electron chi connectivity index (χ3n) is 3.28. The molecule has 0 aromatic heterocycles. The van der Waals surface area contributed by atoms with Crippen LogP contribution in [0.5, 0.6) is 0 Å². The highest BCUT2D eigenvalue weighted by atomic mass is 16.5. The van der Waals surface area contributed by atoms with Crippen LogP contribution in [-0.2, 0) is 9.53 Å². The number of carbonyl (C=O) groups excluding carboxylic acids is 1. The van der Waals surface area contributed by atoms with E-state index in [-0.39, 0.29) is 18.1 Å². The minimum Gasteiger partial charge on any atom is -0.378 e. The van der Waals surface area contributed by atoms with Crippen LogP contribution in [-0.4, -0.2) is 31.2 Å². The maximum Gasteiger partial charge on any atom is 0.236 e. The molecule has 4 heteroatoms. The molecule has 4 nitrogen and oxygen atoms in total. The number of hydrogen-bond donors (Lipinski definition) is 2. The molecule has 0 aliphatic carbocycles. The summed E-state index contributed by atoms with van der Waals surface area (Å²) >= 11 is 0. The molecule has 16 heavy (non-hydrogen) atoms. The molecule has 0 spiro atoms. The Bertz CT molecular complexity index is 221. The van der Waals surface area contributed by atoms with Crippen molar-refractivity contribution in [1.29, 1.82) is 0 Å². The number of nitrogens with two attached hydrogens (primary N) is 1. The quantitative estimate of drug-likeness (QED) is 0.714. The Morgan fingerprint density at radius 1 is 1.62 bits per heavy atom. The van der Waals surface area contributed by atoms with Crippen molar-refractivity contribution in [1.82, 2.24) is 5.32 Å². The molecule has 3 atom stereocenters. The van der Waals surface area contributed by atoms with Gasteiger partial charge >= 0.3 is 0 Å². The van der Waals surface area contributed by atoms with Crippen molar-refractivity contribution >= 4 is 5.91 Å². The third-order valence-corrected chi connectivity index (χ3v) is 3.28. The molecule has 1 amide bonds. The summed E-state index contributed by atoms with van der Waals surface area (Å²) < 4.78 is 5.44. The Labute approximate surface area is 97.9 Å². The van der Waals surface area contributed by atoms with Gasteiger partial charge in [-0.2, -0.15) is 0 Å². The molecular weight excluding hydrogens is 204 g/mol. The fraction of sp³-hybridized carbons (Fsp3) is 0.917. The molecule has 1 saturated heterocycles. The van der Waals surface area contributed by atoms with Gasteiger partial charge in [0.2, 0.25) is 5.91 Å². The predicted octanol–water partition coefficient (Wildman–Crippen LogP) is 1.05. The predicted molar refractivity (Wildman–Crippen MR) is 64.0 cm³/mol. The lowest BCUT2D eigenvalue weighted by Crippen LogP contribution is -2.43. The molecule has 1 rings (SSSR count). The molecule has 1 heterocycles. The van der Waals surface area contributed by atoms with Crippen LogP contribution in [0.15, 0.2) is 0 Å². The van der Waals surface area contributed by atoms with Gasteiger partial charge in [0.15, 0.2) is 0 Å². The van der Waals surface area contributed by atoms with Crippen LogP contribution < -0.4 is 11.1 Å². The minimum atomic E-state index is -0.349. The molecule has 2 unspecified atom stereocenters. The third kappa shape index (κ3) is 4.10. The van der Waals surface area contributed by atoms with Crippen LogP contribution in [0.1, 0.15) is 39.5 Å². The maximum atomic E-state index is 11.6. The van der Waals surface area contributed by atoms with Gasteiger partial charge in [0.25, 0.3) is 0 Å². The molecule has 0 radical (unpaired) electrons. The summed E-state index contributed by atoms with van der Waals surface area (Å²) in [5, 5.41) is 2.92. The zero-order valence-electron chi connectivity index (χ0n) is 10.4. The Balaban J connectivity index is 2.18. The normalized spacial score (nSPS) is 26.7. The number of carbonyl (C=O) groups is 1. The van der Waals surface area contributed by atoms with E-state index in [1.54, 1.807) is 0 Å². The Hall–Kier alpha value is -0.610. The van der Waals surface area contributed by atoms with Crippen LogP contribution >= 0.6 is 0 Å². The van der Waals surface area contributed by atoms with Crippen LogP contribution in [0, 0.1) is 5.92 Å². The second-order valence-electron chi connectivity index (χ2n) is 4.62. The fourth-order valence-corrected chi connectivity index (χ4v) is 1.96. The van der Waals surface area contributed by atoms with E-state index in [9.17, 15) is 4.79 Å². The maximum absolute atomic E-state index is 11.6.